The Labute approximate surface area is 117 Å². The highest BCUT2D eigenvalue weighted by atomic mass is 16.5. The number of benzene rings is 1. The maximum Gasteiger partial charge on any atom is 0.258 e. The molecule has 5 nitrogen and oxygen atoms in total. The molecule has 0 radical (unpaired) electrons. The van der Waals surface area contributed by atoms with Crippen LogP contribution in [-0.2, 0) is 6.42 Å². The zero-order valence-electron chi connectivity index (χ0n) is 11.8. The van der Waals surface area contributed by atoms with Crippen LogP contribution in [0, 0.1) is 0 Å². The van der Waals surface area contributed by atoms with Crippen LogP contribution in [-0.4, -0.2) is 22.2 Å². The number of H-pyrrole nitrogens is 1. The fraction of sp³-hybridized carbons (Fsp3) is 0.333. The van der Waals surface area contributed by atoms with Crippen LogP contribution in [0.1, 0.15) is 36.7 Å². The molecular formula is C15H18N2O3. The Hall–Kier alpha value is -2.30. The van der Waals surface area contributed by atoms with Crippen LogP contribution in [0.5, 0.6) is 11.6 Å². The normalized spacial score (nSPS) is 10.8. The van der Waals surface area contributed by atoms with Gasteiger partial charge in [-0.15, -0.1) is 0 Å². The summed E-state index contributed by atoms with van der Waals surface area (Å²) in [6, 6.07) is 7.48. The highest BCUT2D eigenvalue weighted by Gasteiger charge is 2.14. The first kappa shape index (κ1) is 14.1. The Morgan fingerprint density at radius 3 is 2.45 bits per heavy atom. The third kappa shape index (κ3) is 2.99. The highest BCUT2D eigenvalue weighted by molar-refractivity contribution is 5.30. The number of aromatic hydroxyl groups is 1. The summed E-state index contributed by atoms with van der Waals surface area (Å²) in [6.07, 6.45) is 0.450. The van der Waals surface area contributed by atoms with Gasteiger partial charge in [0.2, 0.25) is 5.88 Å². The Morgan fingerprint density at radius 2 is 1.95 bits per heavy atom. The smallest absolute Gasteiger partial charge is 0.258 e. The van der Waals surface area contributed by atoms with Crippen LogP contribution >= 0.6 is 0 Å². The third-order valence-electron chi connectivity index (χ3n) is 3.09. The Balaban J connectivity index is 2.27. The van der Waals surface area contributed by atoms with Crippen molar-refractivity contribution in [3.8, 4) is 11.6 Å². The molecule has 0 spiro atoms. The van der Waals surface area contributed by atoms with Crippen molar-refractivity contribution in [3.63, 3.8) is 0 Å². The monoisotopic (exact) mass is 274 g/mol. The first-order chi connectivity index (χ1) is 9.51. The number of nitrogens with one attached hydrogen (secondary N) is 1. The summed E-state index contributed by atoms with van der Waals surface area (Å²) in [6.45, 7) is 3.68. The largest absolute Gasteiger partial charge is 0.497 e. The summed E-state index contributed by atoms with van der Waals surface area (Å²) in [5.74, 6) is 0.962. The van der Waals surface area contributed by atoms with Gasteiger partial charge in [0.1, 0.15) is 11.6 Å². The van der Waals surface area contributed by atoms with Gasteiger partial charge in [-0.05, 0) is 23.6 Å². The third-order valence-corrected chi connectivity index (χ3v) is 3.09. The van der Waals surface area contributed by atoms with Crippen LogP contribution < -0.4 is 10.3 Å². The van der Waals surface area contributed by atoms with E-state index in [2.05, 4.69) is 9.97 Å². The fourth-order valence-corrected chi connectivity index (χ4v) is 2.06. The zero-order chi connectivity index (χ0) is 14.7. The van der Waals surface area contributed by atoms with Crippen LogP contribution in [0.3, 0.4) is 0 Å². The van der Waals surface area contributed by atoms with Crippen LogP contribution in [0.25, 0.3) is 0 Å². The molecule has 2 rings (SSSR count). The summed E-state index contributed by atoms with van der Waals surface area (Å²) in [4.78, 5) is 18.7. The molecule has 1 heterocycles. The summed E-state index contributed by atoms with van der Waals surface area (Å²) in [5, 5.41) is 9.85. The molecule has 0 saturated heterocycles. The Kier molecular flexibility index (Phi) is 4.08. The molecule has 5 heteroatoms. The highest BCUT2D eigenvalue weighted by Crippen LogP contribution is 2.19. The number of rotatable bonds is 4. The maximum atomic E-state index is 11.9. The molecule has 1 aromatic carbocycles. The second-order valence-corrected chi connectivity index (χ2v) is 4.93. The van der Waals surface area contributed by atoms with E-state index in [1.165, 1.54) is 0 Å². The lowest BCUT2D eigenvalue weighted by atomic mass is 10.1. The molecule has 0 bridgehead atoms. The number of ether oxygens (including phenoxy) is 1. The van der Waals surface area contributed by atoms with E-state index in [9.17, 15) is 9.90 Å². The number of methoxy groups -OCH3 is 1. The van der Waals surface area contributed by atoms with Gasteiger partial charge < -0.3 is 14.8 Å². The summed E-state index contributed by atoms with van der Waals surface area (Å²) >= 11 is 0. The van der Waals surface area contributed by atoms with Crippen LogP contribution in [0.15, 0.2) is 29.1 Å². The minimum atomic E-state index is -0.281. The summed E-state index contributed by atoms with van der Waals surface area (Å²) in [7, 11) is 1.61. The molecule has 0 atom stereocenters. The summed E-state index contributed by atoms with van der Waals surface area (Å²) in [5.41, 5.74) is 1.02. The molecule has 2 N–H and O–H groups in total. The van der Waals surface area contributed by atoms with E-state index in [0.29, 0.717) is 17.8 Å². The van der Waals surface area contributed by atoms with E-state index in [1.807, 2.05) is 38.1 Å². The number of aromatic nitrogens is 2. The van der Waals surface area contributed by atoms with E-state index < -0.39 is 0 Å². The van der Waals surface area contributed by atoms with Crippen molar-refractivity contribution >= 4 is 0 Å². The lowest BCUT2D eigenvalue weighted by Crippen LogP contribution is -2.18. The van der Waals surface area contributed by atoms with Crippen LogP contribution in [0.4, 0.5) is 0 Å². The lowest BCUT2D eigenvalue weighted by molar-refractivity contribution is 0.414. The first-order valence-electron chi connectivity index (χ1n) is 6.46. The van der Waals surface area contributed by atoms with Crippen molar-refractivity contribution in [3.05, 3.63) is 51.6 Å². The van der Waals surface area contributed by atoms with Gasteiger partial charge in [-0.2, -0.15) is 4.98 Å². The molecule has 106 valence electrons. The number of aromatic amines is 1. The minimum absolute atomic E-state index is 0.0683. The van der Waals surface area contributed by atoms with Crippen molar-refractivity contribution < 1.29 is 9.84 Å². The first-order valence-corrected chi connectivity index (χ1v) is 6.46. The van der Waals surface area contributed by atoms with Gasteiger partial charge >= 0.3 is 0 Å². The number of hydrogen-bond donors (Lipinski definition) is 2. The molecule has 0 aliphatic rings. The lowest BCUT2D eigenvalue weighted by Gasteiger charge is -2.08. The standard InChI is InChI=1S/C15H18N2O3/c1-9(2)13-14(18)16-12(17-15(13)19)8-10-4-6-11(20-3)7-5-10/h4-7,9H,8H2,1-3H3,(H2,16,17,18,19). The molecule has 0 fully saturated rings. The molecule has 0 unspecified atom stereocenters. The molecular weight excluding hydrogens is 256 g/mol. The van der Waals surface area contributed by atoms with E-state index >= 15 is 0 Å². The average molecular weight is 274 g/mol. The van der Waals surface area contributed by atoms with Gasteiger partial charge in [0.05, 0.1) is 12.7 Å². The molecule has 0 aliphatic carbocycles. The predicted molar refractivity (Wildman–Crippen MR) is 76.4 cm³/mol. The van der Waals surface area contributed by atoms with Gasteiger partial charge in [-0.3, -0.25) is 4.79 Å². The fourth-order valence-electron chi connectivity index (χ4n) is 2.06. The SMILES string of the molecule is COc1ccc(Cc2nc(O)c(C(C)C)c(=O)[nH]2)cc1. The van der Waals surface area contributed by atoms with Crippen molar-refractivity contribution in [1.82, 2.24) is 9.97 Å². The van der Waals surface area contributed by atoms with E-state index in [4.69, 9.17) is 4.74 Å². The maximum absolute atomic E-state index is 11.9. The molecule has 0 saturated carbocycles. The molecule has 1 aromatic heterocycles. The van der Waals surface area contributed by atoms with Crippen LogP contribution in [0.2, 0.25) is 0 Å². The number of hydrogen-bond acceptors (Lipinski definition) is 4. The van der Waals surface area contributed by atoms with Crippen molar-refractivity contribution in [2.75, 3.05) is 7.11 Å². The quantitative estimate of drug-likeness (QED) is 0.896. The Morgan fingerprint density at radius 1 is 1.30 bits per heavy atom. The minimum Gasteiger partial charge on any atom is -0.497 e. The van der Waals surface area contributed by atoms with Gasteiger partial charge in [0, 0.05) is 6.42 Å². The predicted octanol–water partition coefficient (Wildman–Crippen LogP) is 2.20. The number of nitrogens with zero attached hydrogens (tertiary/aromatic N) is 1. The van der Waals surface area contributed by atoms with Gasteiger partial charge in [-0.1, -0.05) is 26.0 Å². The zero-order valence-corrected chi connectivity index (χ0v) is 11.8. The topological polar surface area (TPSA) is 75.2 Å². The average Bonchev–Trinajstić information content (AvgIpc) is 2.38. The van der Waals surface area contributed by atoms with E-state index in [1.54, 1.807) is 7.11 Å². The molecule has 0 amide bonds. The van der Waals surface area contributed by atoms with Crippen molar-refractivity contribution in [2.45, 2.75) is 26.2 Å². The molecule has 20 heavy (non-hydrogen) atoms. The van der Waals surface area contributed by atoms with Crippen molar-refractivity contribution in [1.29, 1.82) is 0 Å². The Bertz CT molecular complexity index is 645. The van der Waals surface area contributed by atoms with Gasteiger partial charge in [-0.25, -0.2) is 0 Å². The van der Waals surface area contributed by atoms with E-state index in [-0.39, 0.29) is 17.4 Å². The second kappa shape index (κ2) is 5.77. The van der Waals surface area contributed by atoms with Gasteiger partial charge in [0.25, 0.3) is 5.56 Å². The van der Waals surface area contributed by atoms with Gasteiger partial charge in [0.15, 0.2) is 0 Å². The van der Waals surface area contributed by atoms with Crippen molar-refractivity contribution in [2.24, 2.45) is 0 Å². The van der Waals surface area contributed by atoms with E-state index in [0.717, 1.165) is 11.3 Å². The summed E-state index contributed by atoms with van der Waals surface area (Å²) < 4.78 is 5.09. The molecule has 0 aliphatic heterocycles. The molecule has 2 aromatic rings. The second-order valence-electron chi connectivity index (χ2n) is 4.93.